The van der Waals surface area contributed by atoms with Gasteiger partial charge < -0.3 is 24.6 Å². The number of benzene rings is 1. The molecule has 0 radical (unpaired) electrons. The van der Waals surface area contributed by atoms with Crippen LogP contribution in [0.3, 0.4) is 0 Å². The summed E-state index contributed by atoms with van der Waals surface area (Å²) in [5.74, 6) is 0. The SMILES string of the molecule is O=P([O-])([O-])OCc1ccccc1.[NH3+]C1CCCCC1. The van der Waals surface area contributed by atoms with Crippen molar-refractivity contribution >= 4 is 7.82 Å². The number of quaternary nitrogens is 1. The van der Waals surface area contributed by atoms with Crippen molar-refractivity contribution in [2.45, 2.75) is 44.8 Å². The first kappa shape index (κ1) is 16.3. The summed E-state index contributed by atoms with van der Waals surface area (Å²) >= 11 is 0. The van der Waals surface area contributed by atoms with Crippen LogP contribution in [0.5, 0.6) is 0 Å². The highest BCUT2D eigenvalue weighted by atomic mass is 31.2. The fourth-order valence-corrected chi connectivity index (χ4v) is 2.22. The zero-order valence-corrected chi connectivity index (χ0v) is 11.9. The van der Waals surface area contributed by atoms with Crippen molar-refractivity contribution in [2.75, 3.05) is 0 Å². The molecule has 0 aromatic heterocycles. The average Bonchev–Trinajstić information content (AvgIpc) is 2.39. The highest BCUT2D eigenvalue weighted by molar-refractivity contribution is 7.43. The van der Waals surface area contributed by atoms with Gasteiger partial charge in [-0.25, -0.2) is 0 Å². The monoisotopic (exact) mass is 286 g/mol. The topological polar surface area (TPSA) is 100 Å². The van der Waals surface area contributed by atoms with Gasteiger partial charge in [0.15, 0.2) is 0 Å². The molecule has 19 heavy (non-hydrogen) atoms. The molecule has 0 saturated heterocycles. The van der Waals surface area contributed by atoms with Gasteiger partial charge in [-0.3, -0.25) is 0 Å². The Morgan fingerprint density at radius 1 is 1.16 bits per heavy atom. The molecule has 1 aromatic rings. The highest BCUT2D eigenvalue weighted by Crippen LogP contribution is 2.26. The zero-order chi connectivity index (χ0) is 14.1. The largest absolute Gasteiger partial charge is 0.790 e. The maximum absolute atomic E-state index is 10.1. The first-order valence-corrected chi connectivity index (χ1v) is 7.97. The van der Waals surface area contributed by atoms with Gasteiger partial charge in [-0.2, -0.15) is 0 Å². The van der Waals surface area contributed by atoms with Gasteiger partial charge in [0.2, 0.25) is 0 Å². The third-order valence-corrected chi connectivity index (χ3v) is 3.40. The molecule has 108 valence electrons. The smallest absolute Gasteiger partial charge is 0.0843 e. The van der Waals surface area contributed by atoms with E-state index in [1.165, 1.54) is 32.1 Å². The number of hydrogen-bond acceptors (Lipinski definition) is 4. The molecule has 0 spiro atoms. The summed E-state index contributed by atoms with van der Waals surface area (Å²) in [6, 6.07) is 9.40. The summed E-state index contributed by atoms with van der Waals surface area (Å²) in [5.41, 5.74) is 4.65. The average molecular weight is 286 g/mol. The molecule has 1 aromatic carbocycles. The van der Waals surface area contributed by atoms with Crippen LogP contribution in [0.15, 0.2) is 30.3 Å². The van der Waals surface area contributed by atoms with E-state index in [-0.39, 0.29) is 6.61 Å². The van der Waals surface area contributed by atoms with Crippen molar-refractivity contribution in [2.24, 2.45) is 0 Å². The molecule has 0 aliphatic heterocycles. The van der Waals surface area contributed by atoms with E-state index >= 15 is 0 Å². The van der Waals surface area contributed by atoms with Crippen LogP contribution in [-0.2, 0) is 15.7 Å². The summed E-state index contributed by atoms with van der Waals surface area (Å²) in [6.45, 7) is -0.189. The Morgan fingerprint density at radius 3 is 2.16 bits per heavy atom. The third-order valence-electron chi connectivity index (χ3n) is 2.96. The summed E-state index contributed by atoms with van der Waals surface area (Å²) in [4.78, 5) is 20.1. The second kappa shape index (κ2) is 8.46. The van der Waals surface area contributed by atoms with Crippen LogP contribution in [0.4, 0.5) is 0 Å². The molecule has 6 heteroatoms. The second-order valence-electron chi connectivity index (χ2n) is 4.71. The third kappa shape index (κ3) is 8.92. The van der Waals surface area contributed by atoms with Crippen LogP contribution in [0.25, 0.3) is 0 Å². The van der Waals surface area contributed by atoms with E-state index in [4.69, 9.17) is 0 Å². The molecule has 3 N–H and O–H groups in total. The molecule has 5 nitrogen and oxygen atoms in total. The lowest BCUT2D eigenvalue weighted by Crippen LogP contribution is -2.61. The van der Waals surface area contributed by atoms with Crippen LogP contribution < -0.4 is 15.5 Å². The molecular weight excluding hydrogens is 265 g/mol. The number of phosphoric acid groups is 1. The van der Waals surface area contributed by atoms with E-state index < -0.39 is 7.82 Å². The maximum Gasteiger partial charge on any atom is 0.0843 e. The Bertz CT molecular complexity index is 387. The summed E-state index contributed by atoms with van der Waals surface area (Å²) < 4.78 is 14.1. The van der Waals surface area contributed by atoms with Crippen LogP contribution in [0.2, 0.25) is 0 Å². The van der Waals surface area contributed by atoms with Crippen LogP contribution in [0, 0.1) is 0 Å². The van der Waals surface area contributed by atoms with Crippen molar-refractivity contribution in [1.82, 2.24) is 0 Å². The molecule has 1 aliphatic rings. The molecule has 0 heterocycles. The Hall–Kier alpha value is -0.710. The minimum atomic E-state index is -4.83. The number of hydrogen-bond donors (Lipinski definition) is 1. The molecule has 0 atom stereocenters. The van der Waals surface area contributed by atoms with Gasteiger partial charge in [0.1, 0.15) is 0 Å². The van der Waals surface area contributed by atoms with Crippen LogP contribution in [-0.4, -0.2) is 6.04 Å². The Balaban J connectivity index is 0.000000218. The molecule has 0 amide bonds. The van der Waals surface area contributed by atoms with E-state index in [2.05, 4.69) is 10.3 Å². The minimum Gasteiger partial charge on any atom is -0.790 e. The van der Waals surface area contributed by atoms with Gasteiger partial charge >= 0.3 is 0 Å². The van der Waals surface area contributed by atoms with E-state index in [1.807, 2.05) is 0 Å². The first-order chi connectivity index (χ1) is 8.97. The molecule has 1 saturated carbocycles. The predicted molar refractivity (Wildman–Crippen MR) is 68.6 cm³/mol. The van der Waals surface area contributed by atoms with Crippen molar-refractivity contribution in [3.05, 3.63) is 35.9 Å². The molecule has 0 unspecified atom stereocenters. The number of rotatable bonds is 3. The predicted octanol–water partition coefficient (Wildman–Crippen LogP) is 0.593. The normalized spacial score (nSPS) is 16.6. The zero-order valence-electron chi connectivity index (χ0n) is 11.0. The summed E-state index contributed by atoms with van der Waals surface area (Å²) in [7, 11) is -4.83. The van der Waals surface area contributed by atoms with Gasteiger partial charge in [-0.1, -0.05) is 36.8 Å². The second-order valence-corrected chi connectivity index (χ2v) is 5.86. The summed E-state index contributed by atoms with van der Waals surface area (Å²) in [5, 5.41) is 0. The fraction of sp³-hybridized carbons (Fsp3) is 0.538. The lowest BCUT2D eigenvalue weighted by atomic mass is 9.97. The molecule has 0 bridgehead atoms. The van der Waals surface area contributed by atoms with E-state index in [9.17, 15) is 14.4 Å². The lowest BCUT2D eigenvalue weighted by molar-refractivity contribution is -0.425. The molecule has 1 aliphatic carbocycles. The van der Waals surface area contributed by atoms with Crippen molar-refractivity contribution < 1.29 is 24.6 Å². The molecule has 2 rings (SSSR count). The van der Waals surface area contributed by atoms with Gasteiger partial charge in [0, 0.05) is 0 Å². The molecular formula is C13H21NO4P-. The fourth-order valence-electron chi connectivity index (χ4n) is 1.91. The minimum absolute atomic E-state index is 0.189. The van der Waals surface area contributed by atoms with E-state index in [0.29, 0.717) is 5.56 Å². The van der Waals surface area contributed by atoms with E-state index in [0.717, 1.165) is 6.04 Å². The Labute approximate surface area is 114 Å². The van der Waals surface area contributed by atoms with Crippen LogP contribution in [0.1, 0.15) is 37.7 Å². The lowest BCUT2D eigenvalue weighted by Gasteiger charge is -2.28. The Kier molecular flexibility index (Phi) is 7.28. The van der Waals surface area contributed by atoms with Crippen LogP contribution >= 0.6 is 7.82 Å². The summed E-state index contributed by atoms with van der Waals surface area (Å²) in [6.07, 6.45) is 7.05. The van der Waals surface area contributed by atoms with Crippen molar-refractivity contribution in [1.29, 1.82) is 0 Å². The van der Waals surface area contributed by atoms with Crippen molar-refractivity contribution in [3.8, 4) is 0 Å². The molecule has 1 fully saturated rings. The van der Waals surface area contributed by atoms with Gasteiger partial charge in [-0.15, -0.1) is 0 Å². The van der Waals surface area contributed by atoms with E-state index in [1.54, 1.807) is 30.3 Å². The maximum atomic E-state index is 10.1. The Morgan fingerprint density at radius 2 is 1.74 bits per heavy atom. The quantitative estimate of drug-likeness (QED) is 0.822. The standard InChI is InChI=1S/C7H9O4P.C6H13N/c8-12(9,10)11-6-7-4-2-1-3-5-7;7-6-4-2-1-3-5-6/h1-5H,6H2,(H2,8,9,10);6H,1-5,7H2/p-1. The van der Waals surface area contributed by atoms with Gasteiger partial charge in [0.05, 0.1) is 20.5 Å². The van der Waals surface area contributed by atoms with Gasteiger partial charge in [0.25, 0.3) is 0 Å². The number of phosphoric ester groups is 1. The first-order valence-electron chi connectivity index (χ1n) is 6.51. The highest BCUT2D eigenvalue weighted by Gasteiger charge is 2.09. The van der Waals surface area contributed by atoms with Crippen molar-refractivity contribution in [3.63, 3.8) is 0 Å². The van der Waals surface area contributed by atoms with Gasteiger partial charge in [-0.05, 0) is 31.2 Å².